The average Bonchev–Trinajstić information content (AvgIpc) is 0.739. The molecule has 0 saturated heterocycles. The molecule has 0 aliphatic carbocycles. The Bertz CT molecular complexity index is 4080. The topological polar surface area (TPSA) is 58.9 Å². The van der Waals surface area contributed by atoms with Gasteiger partial charge in [0, 0.05) is 50.9 Å². The quantitative estimate of drug-likeness (QED) is 0.0841. The zero-order valence-corrected chi connectivity index (χ0v) is 59.9. The average molecular weight is 1250 g/mol. The van der Waals surface area contributed by atoms with Crippen molar-refractivity contribution in [3.05, 3.63) is 191 Å². The number of ether oxygens (including phenoxy) is 2. The van der Waals surface area contributed by atoms with Gasteiger partial charge < -0.3 is 19.7 Å². The first kappa shape index (κ1) is 68.2. The Morgan fingerprint density at radius 3 is 0.849 bits per heavy atom. The largest absolute Gasteiger partial charge is 0.507 e. The van der Waals surface area contributed by atoms with Crippen LogP contribution in [0.3, 0.4) is 0 Å². The van der Waals surface area contributed by atoms with Crippen LogP contribution in [0, 0.1) is 22.5 Å². The Kier molecular flexibility index (Phi) is 17.8. The van der Waals surface area contributed by atoms with Gasteiger partial charge in [-0.2, -0.15) is 0 Å². The first-order valence-corrected chi connectivity index (χ1v) is 33.6. The minimum atomic E-state index is -0.458. The van der Waals surface area contributed by atoms with E-state index in [1.807, 2.05) is 12.1 Å². The van der Waals surface area contributed by atoms with Gasteiger partial charge in [-0.3, -0.25) is 0 Å². The summed E-state index contributed by atoms with van der Waals surface area (Å²) in [5.41, 5.74) is 10.3. The number of phenols is 2. The van der Waals surface area contributed by atoms with Crippen molar-refractivity contribution in [1.29, 1.82) is 0 Å². The molecule has 0 spiro atoms. The normalized spacial score (nSPS) is 13.2. The lowest BCUT2D eigenvalue weighted by Gasteiger charge is -2.34. The number of benzene rings is 10. The van der Waals surface area contributed by atoms with Gasteiger partial charge in [0.05, 0.1) is 13.2 Å². The van der Waals surface area contributed by atoms with Gasteiger partial charge in [0.25, 0.3) is 0 Å². The van der Waals surface area contributed by atoms with E-state index >= 15 is 8.78 Å². The van der Waals surface area contributed by atoms with Gasteiger partial charge in [-0.15, -0.1) is 0 Å². The maximum absolute atomic E-state index is 16.1. The fraction of sp³-hybridized carbons (Fsp3) is 0.402. The minimum Gasteiger partial charge on any atom is -0.507 e. The second-order valence-corrected chi connectivity index (χ2v) is 34.7. The fourth-order valence-electron chi connectivity index (χ4n) is 14.5. The second-order valence-electron chi connectivity index (χ2n) is 34.7. The summed E-state index contributed by atoms with van der Waals surface area (Å²) in [5.74, 6) is -0.00808. The molecule has 488 valence electrons. The third kappa shape index (κ3) is 14.5. The molecule has 0 heterocycles. The third-order valence-corrected chi connectivity index (χ3v) is 18.9. The van der Waals surface area contributed by atoms with Crippen molar-refractivity contribution in [1.82, 2.24) is 0 Å². The predicted molar refractivity (Wildman–Crippen MR) is 393 cm³/mol. The molecule has 0 aliphatic rings. The van der Waals surface area contributed by atoms with E-state index in [9.17, 15) is 10.2 Å². The van der Waals surface area contributed by atoms with E-state index in [4.69, 9.17) is 9.47 Å². The van der Waals surface area contributed by atoms with E-state index in [-0.39, 0.29) is 68.0 Å². The predicted octanol–water partition coefficient (Wildman–Crippen LogP) is 25.1. The van der Waals surface area contributed by atoms with Gasteiger partial charge in [0.15, 0.2) is 0 Å². The molecule has 2 N–H and O–H groups in total. The molecular weight excluding hydrogens is 1150 g/mol. The van der Waals surface area contributed by atoms with Crippen molar-refractivity contribution >= 4 is 43.1 Å². The van der Waals surface area contributed by atoms with Crippen LogP contribution in [-0.2, 0) is 32.5 Å². The summed E-state index contributed by atoms with van der Waals surface area (Å²) >= 11 is 0. The Morgan fingerprint density at radius 1 is 0.301 bits per heavy atom. The monoisotopic (exact) mass is 1250 g/mol. The molecule has 0 aliphatic heterocycles. The molecule has 0 bridgehead atoms. The zero-order valence-electron chi connectivity index (χ0n) is 59.9. The number of fused-ring (bicyclic) bond motifs is 4. The van der Waals surface area contributed by atoms with Crippen LogP contribution in [0.25, 0.3) is 87.6 Å². The summed E-state index contributed by atoms with van der Waals surface area (Å²) < 4.78 is 45.6. The van der Waals surface area contributed by atoms with Crippen LogP contribution in [-0.4, -0.2) is 23.4 Å². The van der Waals surface area contributed by atoms with Gasteiger partial charge in [0.1, 0.15) is 34.6 Å². The van der Waals surface area contributed by atoms with E-state index in [2.05, 4.69) is 249 Å². The molecule has 10 aromatic rings. The minimum absolute atomic E-state index is 0.0410. The molecule has 6 heteroatoms. The highest BCUT2D eigenvalue weighted by atomic mass is 19.1. The van der Waals surface area contributed by atoms with Crippen molar-refractivity contribution in [3.8, 4) is 67.5 Å². The maximum atomic E-state index is 16.1. The summed E-state index contributed by atoms with van der Waals surface area (Å²) in [6, 6.07) is 48.8. The van der Waals surface area contributed by atoms with E-state index in [1.165, 1.54) is 46.5 Å². The van der Waals surface area contributed by atoms with Crippen LogP contribution in [0.4, 0.5) is 8.78 Å². The Hall–Kier alpha value is -7.70. The van der Waals surface area contributed by atoms with Crippen LogP contribution < -0.4 is 9.47 Å². The molecule has 0 radical (unpaired) electrons. The molecular formula is C87H102F2O4. The summed E-state index contributed by atoms with van der Waals surface area (Å²) in [7, 11) is 0. The zero-order chi connectivity index (χ0) is 68.1. The number of phenolic OH excluding ortho intramolecular Hbond substituents is 2. The smallest absolute Gasteiger partial charge is 0.131 e. The summed E-state index contributed by atoms with van der Waals surface area (Å²) in [6.45, 7) is 49.6. The highest BCUT2D eigenvalue weighted by molar-refractivity contribution is 6.16. The van der Waals surface area contributed by atoms with Crippen molar-refractivity contribution in [2.24, 2.45) is 10.8 Å². The number of hydrogen-bond donors (Lipinski definition) is 2. The maximum Gasteiger partial charge on any atom is 0.131 e. The van der Waals surface area contributed by atoms with E-state index in [0.717, 1.165) is 78.2 Å². The highest BCUT2D eigenvalue weighted by Crippen LogP contribution is 2.53. The van der Waals surface area contributed by atoms with Gasteiger partial charge in [-0.05, 0) is 230 Å². The summed E-state index contributed by atoms with van der Waals surface area (Å²) in [5, 5.41) is 34.8. The van der Waals surface area contributed by atoms with Gasteiger partial charge >= 0.3 is 0 Å². The Morgan fingerprint density at radius 2 is 0.581 bits per heavy atom. The van der Waals surface area contributed by atoms with Crippen molar-refractivity contribution < 1.29 is 28.5 Å². The van der Waals surface area contributed by atoms with Crippen LogP contribution in [0.15, 0.2) is 146 Å². The summed E-state index contributed by atoms with van der Waals surface area (Å²) in [4.78, 5) is 0. The van der Waals surface area contributed by atoms with E-state index in [1.54, 1.807) is 12.1 Å². The molecule has 0 fully saturated rings. The van der Waals surface area contributed by atoms with Crippen LogP contribution >= 0.6 is 0 Å². The lowest BCUT2D eigenvalue weighted by Crippen LogP contribution is -2.25. The van der Waals surface area contributed by atoms with E-state index < -0.39 is 11.6 Å². The number of halogens is 2. The van der Waals surface area contributed by atoms with Gasteiger partial charge in [0.2, 0.25) is 0 Å². The molecule has 93 heavy (non-hydrogen) atoms. The van der Waals surface area contributed by atoms with E-state index in [0.29, 0.717) is 51.3 Å². The van der Waals surface area contributed by atoms with Crippen LogP contribution in [0.1, 0.15) is 205 Å². The molecule has 10 rings (SSSR count). The van der Waals surface area contributed by atoms with Crippen molar-refractivity contribution in [2.45, 2.75) is 204 Å². The van der Waals surface area contributed by atoms with Crippen LogP contribution in [0.5, 0.6) is 23.0 Å². The Labute approximate surface area is 554 Å². The molecule has 4 nitrogen and oxygen atoms in total. The Balaban J connectivity index is 1.07. The molecule has 10 aromatic carbocycles. The third-order valence-electron chi connectivity index (χ3n) is 18.9. The number of hydrogen-bond acceptors (Lipinski definition) is 4. The first-order chi connectivity index (χ1) is 43.0. The highest BCUT2D eigenvalue weighted by Gasteiger charge is 2.34. The summed E-state index contributed by atoms with van der Waals surface area (Å²) in [6.07, 6.45) is 2.07. The standard InChI is InChI=1S/C87H102F2O4/c1-80(2,3)50-86(19,20)60-44-70(78(90)72(46-60)76-64-40-56(82(7,8)9)28-24-52(64)38-53-25-29-57(41-65(53)76)83(10,11)12)68-48-62(88)32-34-74(68)92-36-23-37-93-75-35-33-63(89)49-69(75)71-45-61(87(21,22)51-81(4,5)6)47-73(79(71)91)77-66-42-58(84(13,14)15)30-26-54(66)39-55-27-31-59(43-67(55)77)85(16,17)18/h24-35,38-49,90-91H,23,36-37,50-51H2,1-22H3. The fourth-order valence-corrected chi connectivity index (χ4v) is 14.5. The first-order valence-electron chi connectivity index (χ1n) is 33.6. The lowest BCUT2D eigenvalue weighted by atomic mass is 9.71. The molecule has 0 unspecified atom stereocenters. The molecule has 0 aromatic heterocycles. The van der Waals surface area contributed by atoms with Crippen LogP contribution in [0.2, 0.25) is 0 Å². The SMILES string of the molecule is CC(C)(C)CC(C)(C)c1cc(-c2cc(F)ccc2OCCCOc2ccc(F)cc2-c2cc(C(C)(C)CC(C)(C)C)cc(-c3c4cc(C(C)(C)C)ccc4cc4ccc(C(C)(C)C)cc34)c2O)c(O)c(-c2c3cc(C(C)(C)C)ccc3cc3ccc(C(C)(C)C)cc23)c1. The van der Waals surface area contributed by atoms with Crippen molar-refractivity contribution in [3.63, 3.8) is 0 Å². The molecule has 0 amide bonds. The number of rotatable bonds is 14. The molecule has 0 atom stereocenters. The second kappa shape index (κ2) is 24.3. The van der Waals surface area contributed by atoms with Gasteiger partial charge in [-0.1, -0.05) is 201 Å². The molecule has 0 saturated carbocycles. The number of aromatic hydroxyl groups is 2. The lowest BCUT2D eigenvalue weighted by molar-refractivity contribution is 0.248. The van der Waals surface area contributed by atoms with Crippen molar-refractivity contribution in [2.75, 3.05) is 13.2 Å². The van der Waals surface area contributed by atoms with Gasteiger partial charge in [-0.25, -0.2) is 8.78 Å².